The predicted molar refractivity (Wildman–Crippen MR) is 97.8 cm³/mol. The van der Waals surface area contributed by atoms with Crippen molar-refractivity contribution < 1.29 is 9.59 Å². The lowest BCUT2D eigenvalue weighted by atomic mass is 10.0. The van der Waals surface area contributed by atoms with Gasteiger partial charge in [0.2, 0.25) is 11.8 Å². The third-order valence-electron chi connectivity index (χ3n) is 5.21. The highest BCUT2D eigenvalue weighted by Crippen LogP contribution is 2.41. The van der Waals surface area contributed by atoms with Crippen LogP contribution in [-0.2, 0) is 16.1 Å². The summed E-state index contributed by atoms with van der Waals surface area (Å²) in [6.07, 6.45) is 4.30. The Morgan fingerprint density at radius 3 is 2.62 bits per heavy atom. The monoisotopic (exact) mass is 349 g/mol. The molecule has 2 fully saturated rings. The second-order valence-electron chi connectivity index (χ2n) is 7.23. The minimum Gasteiger partial charge on any atom is -0.349 e. The number of hydrogen-bond donors (Lipinski definition) is 1. The fraction of sp³-hybridized carbons (Fsp3) is 0.381. The molecule has 4 rings (SSSR count). The van der Waals surface area contributed by atoms with Crippen LogP contribution in [0.2, 0.25) is 0 Å². The van der Waals surface area contributed by atoms with E-state index < -0.39 is 0 Å². The molecule has 1 N–H and O–H groups in total. The molecule has 2 heterocycles. The van der Waals surface area contributed by atoms with E-state index in [1.807, 2.05) is 36.4 Å². The van der Waals surface area contributed by atoms with Gasteiger partial charge in [-0.2, -0.15) is 0 Å². The highest BCUT2D eigenvalue weighted by Gasteiger charge is 2.38. The average molecular weight is 349 g/mol. The molecule has 2 aliphatic rings. The third kappa shape index (κ3) is 3.77. The number of pyridine rings is 1. The zero-order valence-electron chi connectivity index (χ0n) is 14.7. The van der Waals surface area contributed by atoms with Gasteiger partial charge in [-0.15, -0.1) is 0 Å². The molecule has 0 radical (unpaired) electrons. The number of likely N-dealkylation sites (tertiary alicyclic amines) is 1. The number of rotatable bonds is 6. The molecule has 1 saturated heterocycles. The molecule has 2 unspecified atom stereocenters. The van der Waals surface area contributed by atoms with Crippen LogP contribution in [0.4, 0.5) is 0 Å². The lowest BCUT2D eigenvalue weighted by Crippen LogP contribution is -2.36. The van der Waals surface area contributed by atoms with Crippen LogP contribution < -0.4 is 5.32 Å². The summed E-state index contributed by atoms with van der Waals surface area (Å²) in [6.45, 7) is 0.932. The molecule has 1 aromatic carbocycles. The maximum absolute atomic E-state index is 12.8. The van der Waals surface area contributed by atoms with Crippen molar-refractivity contribution in [1.82, 2.24) is 15.2 Å². The van der Waals surface area contributed by atoms with Crippen molar-refractivity contribution in [3.63, 3.8) is 0 Å². The molecule has 1 aliphatic heterocycles. The highest BCUT2D eigenvalue weighted by molar-refractivity contribution is 5.89. The summed E-state index contributed by atoms with van der Waals surface area (Å²) >= 11 is 0. The van der Waals surface area contributed by atoms with E-state index in [-0.39, 0.29) is 30.2 Å². The standard InChI is InChI=1S/C21H23N3O2/c25-19-12-17(13-24(19)14-18-8-4-5-11-22-18)21(26)23-20(16-9-10-16)15-6-2-1-3-7-15/h1-8,11,16-17,20H,9-10,12-14H2,(H,23,26). The summed E-state index contributed by atoms with van der Waals surface area (Å²) in [5.74, 6) is 0.250. The topological polar surface area (TPSA) is 62.3 Å². The Morgan fingerprint density at radius 2 is 1.92 bits per heavy atom. The Morgan fingerprint density at radius 1 is 1.15 bits per heavy atom. The Bertz CT molecular complexity index is 774. The van der Waals surface area contributed by atoms with Crippen LogP contribution >= 0.6 is 0 Å². The molecule has 26 heavy (non-hydrogen) atoms. The molecule has 1 aliphatic carbocycles. The molecule has 2 aromatic rings. The Hall–Kier alpha value is -2.69. The van der Waals surface area contributed by atoms with Crippen LogP contribution in [0.1, 0.15) is 36.6 Å². The number of amides is 2. The summed E-state index contributed by atoms with van der Waals surface area (Å²) in [6, 6.07) is 15.9. The van der Waals surface area contributed by atoms with E-state index in [0.29, 0.717) is 19.0 Å². The highest BCUT2D eigenvalue weighted by atomic mass is 16.2. The number of aromatic nitrogens is 1. The third-order valence-corrected chi connectivity index (χ3v) is 5.21. The maximum atomic E-state index is 12.8. The molecule has 0 spiro atoms. The smallest absolute Gasteiger partial charge is 0.225 e. The molecular weight excluding hydrogens is 326 g/mol. The summed E-state index contributed by atoms with van der Waals surface area (Å²) < 4.78 is 0. The molecule has 134 valence electrons. The van der Waals surface area contributed by atoms with Crippen LogP contribution in [-0.4, -0.2) is 28.2 Å². The number of carbonyl (C=O) groups is 2. The van der Waals surface area contributed by atoms with Gasteiger partial charge >= 0.3 is 0 Å². The summed E-state index contributed by atoms with van der Waals surface area (Å²) in [4.78, 5) is 31.1. The minimum atomic E-state index is -0.281. The Kier molecular flexibility index (Phi) is 4.69. The van der Waals surface area contributed by atoms with Crippen molar-refractivity contribution in [3.8, 4) is 0 Å². The molecular formula is C21H23N3O2. The van der Waals surface area contributed by atoms with E-state index in [1.165, 1.54) is 0 Å². The van der Waals surface area contributed by atoms with E-state index in [9.17, 15) is 9.59 Å². The largest absolute Gasteiger partial charge is 0.349 e. The van der Waals surface area contributed by atoms with E-state index in [0.717, 1.165) is 24.1 Å². The number of hydrogen-bond acceptors (Lipinski definition) is 3. The Balaban J connectivity index is 1.39. The van der Waals surface area contributed by atoms with Crippen LogP contribution in [0.3, 0.4) is 0 Å². The normalized spacial score (nSPS) is 20.8. The van der Waals surface area contributed by atoms with Crippen molar-refractivity contribution in [2.75, 3.05) is 6.54 Å². The number of benzene rings is 1. The first kappa shape index (κ1) is 16.8. The SMILES string of the molecule is O=C(NC(c1ccccc1)C1CC1)C1CC(=O)N(Cc2ccccn2)C1. The number of carbonyl (C=O) groups excluding carboxylic acids is 2. The van der Waals surface area contributed by atoms with Gasteiger partial charge in [-0.1, -0.05) is 36.4 Å². The number of nitrogens with one attached hydrogen (secondary N) is 1. The minimum absolute atomic E-state index is 0.0115. The van der Waals surface area contributed by atoms with Gasteiger partial charge < -0.3 is 10.2 Å². The second kappa shape index (κ2) is 7.28. The lowest BCUT2D eigenvalue weighted by molar-refractivity contribution is -0.129. The number of nitrogens with zero attached hydrogens (tertiary/aromatic N) is 2. The van der Waals surface area contributed by atoms with Crippen molar-refractivity contribution in [2.45, 2.75) is 31.8 Å². The zero-order chi connectivity index (χ0) is 17.9. The second-order valence-corrected chi connectivity index (χ2v) is 7.23. The molecule has 1 saturated carbocycles. The average Bonchev–Trinajstić information content (AvgIpc) is 3.45. The Labute approximate surface area is 153 Å². The lowest BCUT2D eigenvalue weighted by Gasteiger charge is -2.21. The predicted octanol–water partition coefficient (Wildman–Crippen LogP) is 2.70. The van der Waals surface area contributed by atoms with Gasteiger partial charge in [0, 0.05) is 19.2 Å². The van der Waals surface area contributed by atoms with Crippen LogP contribution in [0.25, 0.3) is 0 Å². The van der Waals surface area contributed by atoms with Crippen molar-refractivity contribution in [3.05, 3.63) is 66.0 Å². The van der Waals surface area contributed by atoms with Gasteiger partial charge in [-0.3, -0.25) is 14.6 Å². The van der Waals surface area contributed by atoms with E-state index in [1.54, 1.807) is 11.1 Å². The zero-order valence-corrected chi connectivity index (χ0v) is 14.7. The first-order chi connectivity index (χ1) is 12.7. The van der Waals surface area contributed by atoms with Crippen LogP contribution in [0, 0.1) is 11.8 Å². The fourth-order valence-electron chi connectivity index (χ4n) is 3.62. The van der Waals surface area contributed by atoms with Gasteiger partial charge in [-0.25, -0.2) is 0 Å². The molecule has 5 nitrogen and oxygen atoms in total. The van der Waals surface area contributed by atoms with Gasteiger partial charge in [0.1, 0.15) is 0 Å². The van der Waals surface area contributed by atoms with Crippen molar-refractivity contribution >= 4 is 11.8 Å². The van der Waals surface area contributed by atoms with E-state index in [2.05, 4.69) is 22.4 Å². The first-order valence-corrected chi connectivity index (χ1v) is 9.23. The van der Waals surface area contributed by atoms with Crippen LogP contribution in [0.5, 0.6) is 0 Å². The van der Waals surface area contributed by atoms with E-state index >= 15 is 0 Å². The molecule has 0 bridgehead atoms. The first-order valence-electron chi connectivity index (χ1n) is 9.23. The molecule has 2 atom stereocenters. The quantitative estimate of drug-likeness (QED) is 0.872. The van der Waals surface area contributed by atoms with Gasteiger partial charge in [0.05, 0.1) is 24.2 Å². The molecule has 1 aromatic heterocycles. The van der Waals surface area contributed by atoms with E-state index in [4.69, 9.17) is 0 Å². The molecule has 2 amide bonds. The molecule has 5 heteroatoms. The van der Waals surface area contributed by atoms with Gasteiger partial charge in [-0.05, 0) is 36.5 Å². The van der Waals surface area contributed by atoms with Crippen molar-refractivity contribution in [2.24, 2.45) is 11.8 Å². The van der Waals surface area contributed by atoms with Crippen molar-refractivity contribution in [1.29, 1.82) is 0 Å². The summed E-state index contributed by atoms with van der Waals surface area (Å²) in [5.41, 5.74) is 2.00. The maximum Gasteiger partial charge on any atom is 0.225 e. The summed E-state index contributed by atoms with van der Waals surface area (Å²) in [5, 5.41) is 3.21. The summed E-state index contributed by atoms with van der Waals surface area (Å²) in [7, 11) is 0. The van der Waals surface area contributed by atoms with Gasteiger partial charge in [0.25, 0.3) is 0 Å². The fourth-order valence-corrected chi connectivity index (χ4v) is 3.62. The van der Waals surface area contributed by atoms with Crippen LogP contribution in [0.15, 0.2) is 54.7 Å². The van der Waals surface area contributed by atoms with Gasteiger partial charge in [0.15, 0.2) is 0 Å².